The fourth-order valence-corrected chi connectivity index (χ4v) is 1.11. The summed E-state index contributed by atoms with van der Waals surface area (Å²) in [4.78, 5) is 0. The van der Waals surface area contributed by atoms with Gasteiger partial charge < -0.3 is 5.73 Å². The summed E-state index contributed by atoms with van der Waals surface area (Å²) in [5.74, 6) is 1.69. The van der Waals surface area contributed by atoms with Crippen LogP contribution in [0.5, 0.6) is 0 Å². The maximum atomic E-state index is 8.13. The van der Waals surface area contributed by atoms with E-state index in [2.05, 4.69) is 6.07 Å². The van der Waals surface area contributed by atoms with Gasteiger partial charge in [-0.3, -0.25) is 0 Å². The van der Waals surface area contributed by atoms with Crippen LogP contribution in [-0.4, -0.2) is 18.1 Å². The molecule has 2 N–H and O–H groups in total. The van der Waals surface area contributed by atoms with Crippen molar-refractivity contribution in [3.63, 3.8) is 0 Å². The molecule has 2 nitrogen and oxygen atoms in total. The van der Waals surface area contributed by atoms with E-state index in [0.29, 0.717) is 5.75 Å². The van der Waals surface area contributed by atoms with E-state index < -0.39 is 0 Å². The second-order valence-electron chi connectivity index (χ2n) is 1.71. The summed E-state index contributed by atoms with van der Waals surface area (Å²) in [6.07, 6.45) is 2.22. The summed E-state index contributed by atoms with van der Waals surface area (Å²) in [7, 11) is 0. The Kier molecular flexibility index (Phi) is 7.63. The largest absolute Gasteiger partial charge is 0.330 e. The molecule has 9 heavy (non-hydrogen) atoms. The average Bonchev–Trinajstić information content (AvgIpc) is 1.89. The number of nitrogens with two attached hydrogens (primary N) is 1. The number of rotatable bonds is 5. The van der Waals surface area contributed by atoms with Gasteiger partial charge in [-0.1, -0.05) is 0 Å². The lowest BCUT2D eigenvalue weighted by Crippen LogP contribution is -1.98. The number of nitriles is 1. The number of hydrogen-bond donors (Lipinski definition) is 1. The molecule has 0 aromatic heterocycles. The molecule has 0 amide bonds. The Hall–Kier alpha value is -0.200. The Morgan fingerprint density at radius 2 is 2.22 bits per heavy atom. The number of thioether (sulfide) groups is 1. The molecule has 0 aliphatic rings. The number of unbranched alkanes of at least 4 members (excludes halogenated alkanes) is 1. The first-order chi connectivity index (χ1) is 4.41. The summed E-state index contributed by atoms with van der Waals surface area (Å²) in [6.45, 7) is 0.771. The molecule has 0 fully saturated rings. The SMILES string of the molecule is N#CCSCCCCN. The molecule has 0 unspecified atom stereocenters. The van der Waals surface area contributed by atoms with Crippen molar-refractivity contribution in [2.45, 2.75) is 12.8 Å². The van der Waals surface area contributed by atoms with Crippen LogP contribution in [-0.2, 0) is 0 Å². The van der Waals surface area contributed by atoms with Gasteiger partial charge in [0.2, 0.25) is 0 Å². The lowest BCUT2D eigenvalue weighted by atomic mass is 10.3. The van der Waals surface area contributed by atoms with Crippen LogP contribution in [0.15, 0.2) is 0 Å². The van der Waals surface area contributed by atoms with Gasteiger partial charge in [0.25, 0.3) is 0 Å². The van der Waals surface area contributed by atoms with Gasteiger partial charge in [0.1, 0.15) is 0 Å². The van der Waals surface area contributed by atoms with Crippen LogP contribution in [0.3, 0.4) is 0 Å². The smallest absolute Gasteiger partial charge is 0.0808 e. The summed E-state index contributed by atoms with van der Waals surface area (Å²) >= 11 is 1.68. The highest BCUT2D eigenvalue weighted by molar-refractivity contribution is 7.99. The molecule has 0 aliphatic heterocycles. The second-order valence-corrected chi connectivity index (χ2v) is 2.81. The molecule has 0 aromatic rings. The van der Waals surface area contributed by atoms with Crippen LogP contribution >= 0.6 is 11.8 Å². The zero-order valence-corrected chi connectivity index (χ0v) is 6.28. The quantitative estimate of drug-likeness (QED) is 0.585. The lowest BCUT2D eigenvalue weighted by molar-refractivity contribution is 0.815. The van der Waals surface area contributed by atoms with E-state index in [4.69, 9.17) is 11.0 Å². The zero-order chi connectivity index (χ0) is 6.95. The molecule has 0 spiro atoms. The molecular weight excluding hydrogens is 132 g/mol. The molecule has 52 valence electrons. The Labute approximate surface area is 60.4 Å². The predicted molar refractivity (Wildman–Crippen MR) is 41.2 cm³/mol. The summed E-state index contributed by atoms with van der Waals surface area (Å²) in [5, 5.41) is 8.13. The van der Waals surface area contributed by atoms with Crippen molar-refractivity contribution in [1.82, 2.24) is 0 Å². The number of nitrogens with zero attached hydrogens (tertiary/aromatic N) is 1. The molecule has 0 saturated heterocycles. The van der Waals surface area contributed by atoms with Crippen LogP contribution < -0.4 is 5.73 Å². The minimum Gasteiger partial charge on any atom is -0.330 e. The maximum absolute atomic E-state index is 8.13. The van der Waals surface area contributed by atoms with E-state index in [1.807, 2.05) is 0 Å². The van der Waals surface area contributed by atoms with Crippen molar-refractivity contribution in [2.24, 2.45) is 5.73 Å². The van der Waals surface area contributed by atoms with E-state index in [1.54, 1.807) is 11.8 Å². The van der Waals surface area contributed by atoms with E-state index in [9.17, 15) is 0 Å². The van der Waals surface area contributed by atoms with E-state index in [1.165, 1.54) is 0 Å². The van der Waals surface area contributed by atoms with Gasteiger partial charge in [-0.2, -0.15) is 5.26 Å². The van der Waals surface area contributed by atoms with Gasteiger partial charge in [-0.15, -0.1) is 11.8 Å². The first-order valence-electron chi connectivity index (χ1n) is 3.06. The minimum atomic E-state index is 0.616. The Balaban J connectivity index is 2.69. The van der Waals surface area contributed by atoms with Crippen molar-refractivity contribution in [3.05, 3.63) is 0 Å². The summed E-state index contributed by atoms with van der Waals surface area (Å²) in [6, 6.07) is 2.08. The normalized spacial score (nSPS) is 8.89. The highest BCUT2D eigenvalue weighted by Crippen LogP contribution is 2.01. The number of hydrogen-bond acceptors (Lipinski definition) is 3. The first kappa shape index (κ1) is 8.80. The highest BCUT2D eigenvalue weighted by atomic mass is 32.2. The fraction of sp³-hybridized carbons (Fsp3) is 0.833. The fourth-order valence-electron chi connectivity index (χ4n) is 0.466. The van der Waals surface area contributed by atoms with E-state index >= 15 is 0 Å². The van der Waals surface area contributed by atoms with Gasteiger partial charge in [-0.25, -0.2) is 0 Å². The molecular formula is C6H12N2S. The predicted octanol–water partition coefficient (Wildman–Crippen LogP) is 0.982. The van der Waals surface area contributed by atoms with E-state index in [-0.39, 0.29) is 0 Å². The second kappa shape index (κ2) is 7.80. The van der Waals surface area contributed by atoms with Crippen molar-refractivity contribution in [1.29, 1.82) is 5.26 Å². The third kappa shape index (κ3) is 7.80. The zero-order valence-electron chi connectivity index (χ0n) is 5.47. The van der Waals surface area contributed by atoms with Crippen LogP contribution in [0.2, 0.25) is 0 Å². The lowest BCUT2D eigenvalue weighted by Gasteiger charge is -1.93. The molecule has 3 heteroatoms. The third-order valence-electron chi connectivity index (χ3n) is 0.909. The Morgan fingerprint density at radius 3 is 2.78 bits per heavy atom. The summed E-state index contributed by atoms with van der Waals surface area (Å²) in [5.41, 5.74) is 5.27. The molecule has 0 heterocycles. The first-order valence-corrected chi connectivity index (χ1v) is 4.22. The van der Waals surface area contributed by atoms with Crippen LogP contribution in [0.25, 0.3) is 0 Å². The Bertz CT molecular complexity index is 87.5. The summed E-state index contributed by atoms with van der Waals surface area (Å²) < 4.78 is 0. The molecule has 0 aromatic carbocycles. The van der Waals surface area contributed by atoms with Crippen molar-refractivity contribution < 1.29 is 0 Å². The highest BCUT2D eigenvalue weighted by Gasteiger charge is 1.85. The molecule has 0 saturated carbocycles. The molecule has 0 bridgehead atoms. The van der Waals surface area contributed by atoms with Crippen molar-refractivity contribution in [2.75, 3.05) is 18.1 Å². The maximum Gasteiger partial charge on any atom is 0.0808 e. The van der Waals surface area contributed by atoms with E-state index in [0.717, 1.165) is 25.1 Å². The minimum absolute atomic E-state index is 0.616. The molecule has 0 radical (unpaired) electrons. The molecule has 0 rings (SSSR count). The third-order valence-corrected chi connectivity index (χ3v) is 1.82. The van der Waals surface area contributed by atoms with Crippen molar-refractivity contribution >= 4 is 11.8 Å². The van der Waals surface area contributed by atoms with Gasteiger partial charge in [0, 0.05) is 0 Å². The van der Waals surface area contributed by atoms with Gasteiger partial charge >= 0.3 is 0 Å². The Morgan fingerprint density at radius 1 is 1.44 bits per heavy atom. The van der Waals surface area contributed by atoms with Crippen LogP contribution in [0.4, 0.5) is 0 Å². The topological polar surface area (TPSA) is 49.8 Å². The average molecular weight is 144 g/mol. The molecule has 0 aliphatic carbocycles. The van der Waals surface area contributed by atoms with Gasteiger partial charge in [0.05, 0.1) is 11.8 Å². The van der Waals surface area contributed by atoms with Gasteiger partial charge in [-0.05, 0) is 25.1 Å². The standard InChI is InChI=1S/C6H12N2S/c7-3-1-2-5-9-6-4-8/h1-3,5-7H2. The molecule has 0 atom stereocenters. The monoisotopic (exact) mass is 144 g/mol. The van der Waals surface area contributed by atoms with Crippen LogP contribution in [0.1, 0.15) is 12.8 Å². The van der Waals surface area contributed by atoms with Crippen molar-refractivity contribution in [3.8, 4) is 6.07 Å². The van der Waals surface area contributed by atoms with Crippen LogP contribution in [0, 0.1) is 11.3 Å². The van der Waals surface area contributed by atoms with Gasteiger partial charge in [0.15, 0.2) is 0 Å².